The molecule has 4 rings (SSSR count). The molecule has 3 amide bonds. The summed E-state index contributed by atoms with van der Waals surface area (Å²) in [5, 5.41) is -0.255. The summed E-state index contributed by atoms with van der Waals surface area (Å²) in [5.74, 6) is 0.898. The van der Waals surface area contributed by atoms with Gasteiger partial charge in [-0.3, -0.25) is 19.3 Å². The lowest BCUT2D eigenvalue weighted by atomic mass is 10.1. The minimum absolute atomic E-state index is 0.0845. The van der Waals surface area contributed by atoms with Crippen LogP contribution in [0.2, 0.25) is 0 Å². The molecule has 0 spiro atoms. The fourth-order valence-corrected chi connectivity index (χ4v) is 4.90. The van der Waals surface area contributed by atoms with Gasteiger partial charge in [0.25, 0.3) is 17.1 Å². The Labute approximate surface area is 203 Å². The summed E-state index contributed by atoms with van der Waals surface area (Å²) in [7, 11) is 1.55. The van der Waals surface area contributed by atoms with Gasteiger partial charge in [0, 0.05) is 25.2 Å². The molecule has 178 valence electrons. The average Bonchev–Trinajstić information content (AvgIpc) is 3.15. The number of methoxy groups -OCH3 is 1. The van der Waals surface area contributed by atoms with Crippen molar-refractivity contribution in [2.24, 2.45) is 0 Å². The first kappa shape index (κ1) is 23.9. The molecule has 0 saturated carbocycles. The van der Waals surface area contributed by atoms with Crippen LogP contribution in [0, 0.1) is 0 Å². The molecule has 8 heteroatoms. The number of thioether (sulfide) groups is 1. The molecule has 2 heterocycles. The van der Waals surface area contributed by atoms with Gasteiger partial charge in [-0.2, -0.15) is 0 Å². The van der Waals surface area contributed by atoms with Gasteiger partial charge in [0.2, 0.25) is 0 Å². The van der Waals surface area contributed by atoms with Gasteiger partial charge < -0.3 is 14.4 Å². The van der Waals surface area contributed by atoms with Gasteiger partial charge in [0.15, 0.2) is 11.5 Å². The summed E-state index contributed by atoms with van der Waals surface area (Å²) >= 11 is 0.938. The zero-order valence-electron chi connectivity index (χ0n) is 19.4. The maximum Gasteiger partial charge on any atom is 0.293 e. The van der Waals surface area contributed by atoms with Gasteiger partial charge in [0.1, 0.15) is 6.61 Å². The second-order valence-electron chi connectivity index (χ2n) is 8.17. The Kier molecular flexibility index (Phi) is 7.57. The third kappa shape index (κ3) is 5.28. The van der Waals surface area contributed by atoms with Crippen molar-refractivity contribution in [2.75, 3.05) is 26.7 Å². The van der Waals surface area contributed by atoms with Crippen molar-refractivity contribution >= 4 is 34.9 Å². The van der Waals surface area contributed by atoms with E-state index in [4.69, 9.17) is 9.47 Å². The average molecular weight is 481 g/mol. The molecule has 0 aromatic heterocycles. The summed E-state index contributed by atoms with van der Waals surface area (Å²) in [6, 6.07) is 12.9. The van der Waals surface area contributed by atoms with Gasteiger partial charge in [-0.25, -0.2) is 0 Å². The van der Waals surface area contributed by atoms with E-state index >= 15 is 0 Å². The van der Waals surface area contributed by atoms with Gasteiger partial charge in [-0.15, -0.1) is 0 Å². The second-order valence-corrected chi connectivity index (χ2v) is 9.17. The molecule has 2 fully saturated rings. The van der Waals surface area contributed by atoms with Gasteiger partial charge in [0.05, 0.1) is 12.0 Å². The highest BCUT2D eigenvalue weighted by Crippen LogP contribution is 2.34. The Bertz CT molecular complexity index is 1110. The van der Waals surface area contributed by atoms with Crippen molar-refractivity contribution in [3.8, 4) is 11.5 Å². The van der Waals surface area contributed by atoms with Crippen molar-refractivity contribution < 1.29 is 23.9 Å². The molecule has 2 aromatic rings. The molecule has 2 aliphatic heterocycles. The summed E-state index contributed by atoms with van der Waals surface area (Å²) in [5.41, 5.74) is 2.38. The van der Waals surface area contributed by atoms with Crippen LogP contribution in [0.15, 0.2) is 47.4 Å². The van der Waals surface area contributed by atoms with E-state index in [1.165, 1.54) is 11.3 Å². The number of imide groups is 1. The van der Waals surface area contributed by atoms with E-state index in [1.807, 2.05) is 35.2 Å². The normalized spacial score (nSPS) is 17.4. The van der Waals surface area contributed by atoms with Gasteiger partial charge in [-0.1, -0.05) is 18.2 Å². The van der Waals surface area contributed by atoms with E-state index < -0.39 is 0 Å². The molecular weight excluding hydrogens is 452 g/mol. The first-order valence-electron chi connectivity index (χ1n) is 11.4. The van der Waals surface area contributed by atoms with E-state index in [0.29, 0.717) is 35.1 Å². The molecular formula is C26H28N2O5S. The summed E-state index contributed by atoms with van der Waals surface area (Å²) < 4.78 is 11.4. The van der Waals surface area contributed by atoms with Gasteiger partial charge >= 0.3 is 0 Å². The zero-order chi connectivity index (χ0) is 24.1. The van der Waals surface area contributed by atoms with E-state index in [-0.39, 0.29) is 17.1 Å². The van der Waals surface area contributed by atoms with Crippen LogP contribution in [0.4, 0.5) is 4.79 Å². The predicted molar refractivity (Wildman–Crippen MR) is 132 cm³/mol. The molecule has 34 heavy (non-hydrogen) atoms. The van der Waals surface area contributed by atoms with Crippen molar-refractivity contribution in [1.29, 1.82) is 0 Å². The van der Waals surface area contributed by atoms with Crippen LogP contribution in [0.5, 0.6) is 11.5 Å². The van der Waals surface area contributed by atoms with Gasteiger partial charge in [-0.05, 0) is 79.4 Å². The zero-order valence-corrected chi connectivity index (χ0v) is 20.2. The van der Waals surface area contributed by atoms with Crippen LogP contribution in [0.3, 0.4) is 0 Å². The van der Waals surface area contributed by atoms with E-state index in [1.54, 1.807) is 32.2 Å². The lowest BCUT2D eigenvalue weighted by molar-refractivity contribution is -0.122. The Morgan fingerprint density at radius 3 is 2.41 bits per heavy atom. The number of hydrogen-bond donors (Lipinski definition) is 0. The van der Waals surface area contributed by atoms with Crippen LogP contribution in [-0.4, -0.2) is 53.6 Å². The minimum Gasteiger partial charge on any atom is -0.493 e. The Morgan fingerprint density at radius 2 is 1.76 bits per heavy atom. The molecule has 7 nitrogen and oxygen atoms in total. The topological polar surface area (TPSA) is 76.2 Å². The van der Waals surface area contributed by atoms with Crippen LogP contribution in [0.25, 0.3) is 6.08 Å². The summed E-state index contributed by atoms with van der Waals surface area (Å²) in [4.78, 5) is 40.4. The van der Waals surface area contributed by atoms with E-state index in [9.17, 15) is 14.4 Å². The first-order chi connectivity index (χ1) is 16.5. The monoisotopic (exact) mass is 480 g/mol. The number of hydrogen-bond acceptors (Lipinski definition) is 6. The van der Waals surface area contributed by atoms with Crippen LogP contribution >= 0.6 is 11.8 Å². The third-order valence-corrected chi connectivity index (χ3v) is 6.82. The third-order valence-electron chi connectivity index (χ3n) is 5.91. The molecule has 0 atom stereocenters. The molecule has 0 aliphatic carbocycles. The van der Waals surface area contributed by atoms with Crippen molar-refractivity contribution in [1.82, 2.24) is 9.80 Å². The number of nitrogens with zero attached hydrogens (tertiary/aromatic N) is 2. The van der Waals surface area contributed by atoms with Crippen LogP contribution in [0.1, 0.15) is 47.7 Å². The molecule has 0 N–H and O–H groups in total. The molecule has 0 radical (unpaired) electrons. The maximum atomic E-state index is 12.6. The summed E-state index contributed by atoms with van der Waals surface area (Å²) in [6.07, 6.45) is 5.01. The second kappa shape index (κ2) is 10.8. The lowest BCUT2D eigenvalue weighted by Crippen LogP contribution is -2.35. The maximum absolute atomic E-state index is 12.6. The highest BCUT2D eigenvalue weighted by Gasteiger charge is 2.33. The number of likely N-dealkylation sites (tertiary alicyclic amines) is 1. The number of benzene rings is 2. The SMILES string of the molecule is CCN1C(=O)S/C(=C\c2ccc(OCc3ccc(C(=O)N4CCCCC4)cc3)c(OC)c2)C1=O. The highest BCUT2D eigenvalue weighted by atomic mass is 32.2. The molecule has 2 aromatic carbocycles. The predicted octanol–water partition coefficient (Wildman–Crippen LogP) is 4.96. The number of amides is 3. The van der Waals surface area contributed by atoms with E-state index in [0.717, 1.165) is 48.8 Å². The fourth-order valence-electron chi connectivity index (χ4n) is 4.00. The van der Waals surface area contributed by atoms with Crippen LogP contribution < -0.4 is 9.47 Å². The number of piperidine rings is 1. The highest BCUT2D eigenvalue weighted by molar-refractivity contribution is 8.18. The molecule has 2 aliphatic rings. The summed E-state index contributed by atoms with van der Waals surface area (Å²) in [6.45, 7) is 4.11. The van der Waals surface area contributed by atoms with Crippen molar-refractivity contribution in [3.05, 3.63) is 64.1 Å². The fraction of sp³-hybridized carbons (Fsp3) is 0.346. The Balaban J connectivity index is 1.40. The standard InChI is InChI=1S/C26H28N2O5S/c1-3-28-25(30)23(34-26(28)31)16-19-9-12-21(22(15-19)32-2)33-17-18-7-10-20(11-8-18)24(29)27-13-5-4-6-14-27/h7-12,15-16H,3-6,13-14,17H2,1-2H3/b23-16-. The number of carbonyl (C=O) groups is 3. The quantitative estimate of drug-likeness (QED) is 0.522. The molecule has 0 bridgehead atoms. The minimum atomic E-state index is -0.279. The number of likely N-dealkylation sites (N-methyl/N-ethyl adjacent to an activating group) is 1. The molecule has 0 unspecified atom stereocenters. The lowest BCUT2D eigenvalue weighted by Gasteiger charge is -2.26. The van der Waals surface area contributed by atoms with Crippen LogP contribution in [-0.2, 0) is 11.4 Å². The van der Waals surface area contributed by atoms with Crippen molar-refractivity contribution in [2.45, 2.75) is 32.8 Å². The van der Waals surface area contributed by atoms with Crippen molar-refractivity contribution in [3.63, 3.8) is 0 Å². The Morgan fingerprint density at radius 1 is 1.03 bits per heavy atom. The smallest absolute Gasteiger partial charge is 0.293 e. The number of rotatable bonds is 7. The molecule has 2 saturated heterocycles. The number of ether oxygens (including phenoxy) is 2. The number of carbonyl (C=O) groups excluding carboxylic acids is 3. The Hall–Kier alpha value is -3.26. The van der Waals surface area contributed by atoms with E-state index in [2.05, 4.69) is 0 Å². The largest absolute Gasteiger partial charge is 0.493 e. The first-order valence-corrected chi connectivity index (χ1v) is 12.3.